The van der Waals surface area contributed by atoms with Crippen molar-refractivity contribution in [2.24, 2.45) is 5.92 Å². The minimum atomic E-state index is -0.0903. The lowest BCUT2D eigenvalue weighted by Gasteiger charge is -1.97. The highest BCUT2D eigenvalue weighted by Gasteiger charge is 2.04. The first-order chi connectivity index (χ1) is 3.68. The third-order valence-electron chi connectivity index (χ3n) is 1.14. The molecule has 8 heavy (non-hydrogen) atoms. The maximum atomic E-state index is 10.4. The SMILES string of the molecule is CC(=O)[C@@H](C)CC=O. The monoisotopic (exact) mass is 114 g/mol. The highest BCUT2D eigenvalue weighted by atomic mass is 16.1. The van der Waals surface area contributed by atoms with Gasteiger partial charge in [0, 0.05) is 12.3 Å². The molecule has 0 aliphatic heterocycles. The average Bonchev–Trinajstić information content (AvgIpc) is 1.67. The van der Waals surface area contributed by atoms with Crippen LogP contribution in [0.4, 0.5) is 0 Å². The van der Waals surface area contributed by atoms with E-state index in [0.717, 1.165) is 6.29 Å². The second-order valence-electron chi connectivity index (χ2n) is 1.91. The van der Waals surface area contributed by atoms with Crippen LogP contribution in [0.15, 0.2) is 0 Å². The Morgan fingerprint density at radius 1 is 1.75 bits per heavy atom. The fraction of sp³-hybridized carbons (Fsp3) is 0.667. The minimum Gasteiger partial charge on any atom is -0.303 e. The van der Waals surface area contributed by atoms with Crippen molar-refractivity contribution < 1.29 is 9.59 Å². The maximum absolute atomic E-state index is 10.4. The summed E-state index contributed by atoms with van der Waals surface area (Å²) in [5.41, 5.74) is 0. The van der Waals surface area contributed by atoms with Crippen LogP contribution in [0, 0.1) is 5.92 Å². The Hall–Kier alpha value is -0.660. The summed E-state index contributed by atoms with van der Waals surface area (Å²) in [5.74, 6) is -0.00963. The fourth-order valence-electron chi connectivity index (χ4n) is 0.310. The molecule has 0 aromatic carbocycles. The van der Waals surface area contributed by atoms with Gasteiger partial charge in [-0.25, -0.2) is 0 Å². The van der Waals surface area contributed by atoms with Gasteiger partial charge in [-0.05, 0) is 6.92 Å². The lowest BCUT2D eigenvalue weighted by Crippen LogP contribution is -2.05. The maximum Gasteiger partial charge on any atom is 0.133 e. The Kier molecular flexibility index (Phi) is 3.08. The molecule has 0 rings (SSSR count). The number of carbonyl (C=O) groups excluding carboxylic acids is 2. The van der Waals surface area contributed by atoms with E-state index in [1.165, 1.54) is 6.92 Å². The van der Waals surface area contributed by atoms with E-state index < -0.39 is 0 Å². The first-order valence-electron chi connectivity index (χ1n) is 2.62. The number of ketones is 1. The van der Waals surface area contributed by atoms with Gasteiger partial charge in [0.25, 0.3) is 0 Å². The van der Waals surface area contributed by atoms with Gasteiger partial charge >= 0.3 is 0 Å². The van der Waals surface area contributed by atoms with Crippen LogP contribution in [0.3, 0.4) is 0 Å². The van der Waals surface area contributed by atoms with Gasteiger partial charge in [-0.2, -0.15) is 0 Å². The quantitative estimate of drug-likeness (QED) is 0.508. The second-order valence-corrected chi connectivity index (χ2v) is 1.91. The summed E-state index contributed by atoms with van der Waals surface area (Å²) in [6.07, 6.45) is 1.13. The van der Waals surface area contributed by atoms with E-state index in [-0.39, 0.29) is 11.7 Å². The van der Waals surface area contributed by atoms with Crippen LogP contribution >= 0.6 is 0 Å². The van der Waals surface area contributed by atoms with Crippen molar-refractivity contribution in [2.75, 3.05) is 0 Å². The van der Waals surface area contributed by atoms with Crippen LogP contribution < -0.4 is 0 Å². The number of hydrogen-bond acceptors (Lipinski definition) is 2. The highest BCUT2D eigenvalue weighted by Crippen LogP contribution is 1.98. The Morgan fingerprint density at radius 3 is 2.38 bits per heavy atom. The summed E-state index contributed by atoms with van der Waals surface area (Å²) in [6, 6.07) is 0. The molecule has 0 spiro atoms. The van der Waals surface area contributed by atoms with Gasteiger partial charge in [0.05, 0.1) is 0 Å². The van der Waals surface area contributed by atoms with E-state index in [2.05, 4.69) is 0 Å². The molecule has 0 radical (unpaired) electrons. The highest BCUT2D eigenvalue weighted by molar-refractivity contribution is 5.80. The predicted molar refractivity (Wildman–Crippen MR) is 30.5 cm³/mol. The average molecular weight is 114 g/mol. The molecule has 0 N–H and O–H groups in total. The Bertz CT molecular complexity index is 96.7. The number of carbonyl (C=O) groups is 2. The van der Waals surface area contributed by atoms with Gasteiger partial charge in [-0.3, -0.25) is 4.79 Å². The summed E-state index contributed by atoms with van der Waals surface area (Å²) in [7, 11) is 0. The molecular weight excluding hydrogens is 104 g/mol. The van der Waals surface area contributed by atoms with Gasteiger partial charge in [0.1, 0.15) is 12.1 Å². The van der Waals surface area contributed by atoms with E-state index in [4.69, 9.17) is 0 Å². The number of Topliss-reactive ketones (excluding diaryl/α,β-unsaturated/α-hetero) is 1. The van der Waals surface area contributed by atoms with E-state index in [1.54, 1.807) is 6.92 Å². The summed E-state index contributed by atoms with van der Waals surface area (Å²) in [6.45, 7) is 3.24. The van der Waals surface area contributed by atoms with Crippen molar-refractivity contribution in [3.8, 4) is 0 Å². The largest absolute Gasteiger partial charge is 0.303 e. The predicted octanol–water partition coefficient (Wildman–Crippen LogP) is 0.800. The number of rotatable bonds is 3. The Balaban J connectivity index is 3.46. The lowest BCUT2D eigenvalue weighted by molar-refractivity contribution is -0.122. The lowest BCUT2D eigenvalue weighted by atomic mass is 10.1. The zero-order chi connectivity index (χ0) is 6.57. The standard InChI is InChI=1S/C6H10O2/c1-5(3-4-7)6(2)8/h4-5H,3H2,1-2H3/t5-/m0/s1. The minimum absolute atomic E-state index is 0.0806. The summed E-state index contributed by atoms with van der Waals surface area (Å²) in [5, 5.41) is 0. The Labute approximate surface area is 48.9 Å². The molecule has 1 atom stereocenters. The molecule has 0 fully saturated rings. The van der Waals surface area contributed by atoms with Crippen LogP contribution in [0.25, 0.3) is 0 Å². The number of hydrogen-bond donors (Lipinski definition) is 0. The molecule has 0 saturated heterocycles. The zero-order valence-electron chi connectivity index (χ0n) is 5.18. The van der Waals surface area contributed by atoms with Gasteiger partial charge in [0.15, 0.2) is 0 Å². The van der Waals surface area contributed by atoms with Gasteiger partial charge < -0.3 is 4.79 Å². The van der Waals surface area contributed by atoms with Crippen molar-refractivity contribution in [3.05, 3.63) is 0 Å². The smallest absolute Gasteiger partial charge is 0.133 e. The van der Waals surface area contributed by atoms with Crippen molar-refractivity contribution in [3.63, 3.8) is 0 Å². The van der Waals surface area contributed by atoms with E-state index >= 15 is 0 Å². The molecule has 0 aromatic heterocycles. The molecule has 2 nitrogen and oxygen atoms in total. The first kappa shape index (κ1) is 7.34. The zero-order valence-corrected chi connectivity index (χ0v) is 5.18. The van der Waals surface area contributed by atoms with Crippen molar-refractivity contribution in [1.82, 2.24) is 0 Å². The van der Waals surface area contributed by atoms with Gasteiger partial charge in [-0.1, -0.05) is 6.92 Å². The first-order valence-corrected chi connectivity index (χ1v) is 2.62. The molecule has 0 unspecified atom stereocenters. The van der Waals surface area contributed by atoms with Crippen LogP contribution in [0.5, 0.6) is 0 Å². The van der Waals surface area contributed by atoms with E-state index in [9.17, 15) is 9.59 Å². The Morgan fingerprint density at radius 2 is 2.25 bits per heavy atom. The van der Waals surface area contributed by atoms with Crippen LogP contribution in [0.2, 0.25) is 0 Å². The summed E-state index contributed by atoms with van der Waals surface area (Å²) < 4.78 is 0. The van der Waals surface area contributed by atoms with Crippen molar-refractivity contribution in [1.29, 1.82) is 0 Å². The van der Waals surface area contributed by atoms with E-state index in [0.29, 0.717) is 6.42 Å². The summed E-state index contributed by atoms with van der Waals surface area (Å²) >= 11 is 0. The van der Waals surface area contributed by atoms with Gasteiger partial charge in [0.2, 0.25) is 0 Å². The molecule has 2 heteroatoms. The molecule has 0 aromatic rings. The van der Waals surface area contributed by atoms with Crippen LogP contribution in [0.1, 0.15) is 20.3 Å². The fourth-order valence-corrected chi connectivity index (χ4v) is 0.310. The molecule has 46 valence electrons. The third-order valence-corrected chi connectivity index (χ3v) is 1.14. The normalized spacial score (nSPS) is 12.8. The molecule has 0 saturated carbocycles. The van der Waals surface area contributed by atoms with Crippen molar-refractivity contribution in [2.45, 2.75) is 20.3 Å². The molecule has 0 aliphatic rings. The summed E-state index contributed by atoms with van der Waals surface area (Å²) in [4.78, 5) is 20.1. The molecule has 0 amide bonds. The van der Waals surface area contributed by atoms with E-state index in [1.807, 2.05) is 0 Å². The number of aldehydes is 1. The van der Waals surface area contributed by atoms with Crippen molar-refractivity contribution >= 4 is 12.1 Å². The molecular formula is C6H10O2. The van der Waals surface area contributed by atoms with Crippen LogP contribution in [-0.2, 0) is 9.59 Å². The topological polar surface area (TPSA) is 34.1 Å². The van der Waals surface area contributed by atoms with Crippen LogP contribution in [-0.4, -0.2) is 12.1 Å². The molecule has 0 bridgehead atoms. The molecule has 0 aliphatic carbocycles. The third kappa shape index (κ3) is 2.50. The second kappa shape index (κ2) is 3.36. The van der Waals surface area contributed by atoms with Gasteiger partial charge in [-0.15, -0.1) is 0 Å². The molecule has 0 heterocycles.